The zero-order chi connectivity index (χ0) is 15.2. The van der Waals surface area contributed by atoms with Crippen molar-refractivity contribution in [2.75, 3.05) is 17.2 Å². The molecule has 0 spiro atoms. The lowest BCUT2D eigenvalue weighted by molar-refractivity contribution is -0.114. The molecule has 21 heavy (non-hydrogen) atoms. The Labute approximate surface area is 131 Å². The lowest BCUT2D eigenvalue weighted by Crippen LogP contribution is -2.22. The highest BCUT2D eigenvalue weighted by atomic mass is 79.9. The minimum absolute atomic E-state index is 0.0967. The van der Waals surface area contributed by atoms with Gasteiger partial charge in [-0.25, -0.2) is 0 Å². The molecule has 0 aliphatic heterocycles. The van der Waals surface area contributed by atoms with Crippen LogP contribution < -0.4 is 10.6 Å². The first-order valence-electron chi connectivity index (χ1n) is 6.40. The lowest BCUT2D eigenvalue weighted by Gasteiger charge is -2.11. The average Bonchev–Trinajstić information content (AvgIpc) is 2.47. The number of hydrogen-bond acceptors (Lipinski definition) is 3. The third-order valence-electron chi connectivity index (χ3n) is 2.97. The van der Waals surface area contributed by atoms with Crippen LogP contribution >= 0.6 is 15.9 Å². The van der Waals surface area contributed by atoms with Crippen molar-refractivity contribution < 1.29 is 4.79 Å². The van der Waals surface area contributed by atoms with Crippen LogP contribution in [0.2, 0.25) is 0 Å². The van der Waals surface area contributed by atoms with E-state index in [0.717, 1.165) is 10.0 Å². The molecule has 2 aromatic rings. The summed E-state index contributed by atoms with van der Waals surface area (Å²) in [7, 11) is 0. The molecule has 0 bridgehead atoms. The molecule has 0 radical (unpaired) electrons. The van der Waals surface area contributed by atoms with E-state index in [-0.39, 0.29) is 12.5 Å². The van der Waals surface area contributed by atoms with Gasteiger partial charge in [0.25, 0.3) is 0 Å². The van der Waals surface area contributed by atoms with Gasteiger partial charge in [0.1, 0.15) is 6.07 Å². The molecule has 0 saturated heterocycles. The summed E-state index contributed by atoms with van der Waals surface area (Å²) >= 11 is 3.37. The van der Waals surface area contributed by atoms with Crippen molar-refractivity contribution in [3.8, 4) is 6.07 Å². The Bertz CT molecular complexity index is 707. The van der Waals surface area contributed by atoms with Gasteiger partial charge in [-0.15, -0.1) is 0 Å². The number of rotatable bonds is 4. The first-order chi connectivity index (χ1) is 10.1. The standard InChI is InChI=1S/C16H14BrN3O/c1-11-5-4-8-14(12(11)9-18)19-10-16(21)20-15-7-3-2-6-13(15)17/h2-8,19H,10H2,1H3,(H,20,21). The fourth-order valence-electron chi connectivity index (χ4n) is 1.90. The Balaban J connectivity index is 2.01. The van der Waals surface area contributed by atoms with Gasteiger partial charge in [0.15, 0.2) is 0 Å². The van der Waals surface area contributed by atoms with Crippen LogP contribution in [0.15, 0.2) is 46.9 Å². The highest BCUT2D eigenvalue weighted by molar-refractivity contribution is 9.10. The van der Waals surface area contributed by atoms with Gasteiger partial charge >= 0.3 is 0 Å². The van der Waals surface area contributed by atoms with Gasteiger partial charge in [0.05, 0.1) is 23.5 Å². The van der Waals surface area contributed by atoms with Crippen molar-refractivity contribution in [3.05, 3.63) is 58.1 Å². The van der Waals surface area contributed by atoms with Crippen molar-refractivity contribution in [1.29, 1.82) is 5.26 Å². The van der Waals surface area contributed by atoms with E-state index in [1.165, 1.54) is 0 Å². The van der Waals surface area contributed by atoms with Crippen molar-refractivity contribution in [3.63, 3.8) is 0 Å². The Hall–Kier alpha value is -2.32. The Morgan fingerprint density at radius 3 is 2.62 bits per heavy atom. The van der Waals surface area contributed by atoms with E-state index in [0.29, 0.717) is 16.9 Å². The van der Waals surface area contributed by atoms with E-state index in [9.17, 15) is 4.79 Å². The number of halogens is 1. The third-order valence-corrected chi connectivity index (χ3v) is 3.66. The van der Waals surface area contributed by atoms with E-state index in [2.05, 4.69) is 32.6 Å². The summed E-state index contributed by atoms with van der Waals surface area (Å²) in [6.45, 7) is 1.96. The molecule has 0 fully saturated rings. The number of para-hydroxylation sites is 1. The second kappa shape index (κ2) is 6.91. The van der Waals surface area contributed by atoms with Gasteiger partial charge in [-0.05, 0) is 46.6 Å². The van der Waals surface area contributed by atoms with Gasteiger partial charge < -0.3 is 10.6 Å². The Morgan fingerprint density at radius 1 is 1.19 bits per heavy atom. The van der Waals surface area contributed by atoms with Crippen LogP contribution in [-0.2, 0) is 4.79 Å². The number of benzene rings is 2. The van der Waals surface area contributed by atoms with Crippen molar-refractivity contribution >= 4 is 33.2 Å². The monoisotopic (exact) mass is 343 g/mol. The van der Waals surface area contributed by atoms with Gasteiger partial charge in [0.2, 0.25) is 5.91 Å². The number of hydrogen-bond donors (Lipinski definition) is 2. The zero-order valence-electron chi connectivity index (χ0n) is 11.5. The summed E-state index contributed by atoms with van der Waals surface area (Å²) in [6, 6.07) is 15.1. The maximum Gasteiger partial charge on any atom is 0.243 e. The quantitative estimate of drug-likeness (QED) is 0.889. The molecule has 5 heteroatoms. The number of nitriles is 1. The number of anilines is 2. The minimum Gasteiger partial charge on any atom is -0.375 e. The van der Waals surface area contributed by atoms with E-state index in [1.807, 2.05) is 43.3 Å². The molecule has 0 aromatic heterocycles. The summed E-state index contributed by atoms with van der Waals surface area (Å²) in [6.07, 6.45) is 0. The fourth-order valence-corrected chi connectivity index (χ4v) is 2.28. The van der Waals surface area contributed by atoms with Crippen LogP contribution in [-0.4, -0.2) is 12.5 Å². The fraction of sp³-hybridized carbons (Fsp3) is 0.125. The molecule has 2 rings (SSSR count). The maximum absolute atomic E-state index is 11.9. The third kappa shape index (κ3) is 3.83. The zero-order valence-corrected chi connectivity index (χ0v) is 13.1. The summed E-state index contributed by atoms with van der Waals surface area (Å²) < 4.78 is 0.826. The largest absolute Gasteiger partial charge is 0.375 e. The molecule has 0 heterocycles. The van der Waals surface area contributed by atoms with Crippen molar-refractivity contribution in [2.24, 2.45) is 0 Å². The predicted molar refractivity (Wildman–Crippen MR) is 87.2 cm³/mol. The molecular weight excluding hydrogens is 330 g/mol. The molecule has 2 N–H and O–H groups in total. The van der Waals surface area contributed by atoms with Gasteiger partial charge in [0, 0.05) is 4.47 Å². The SMILES string of the molecule is Cc1cccc(NCC(=O)Nc2ccccc2Br)c1C#N. The number of amides is 1. The van der Waals surface area contributed by atoms with Gasteiger partial charge in [-0.2, -0.15) is 5.26 Å². The average molecular weight is 344 g/mol. The highest BCUT2D eigenvalue weighted by Crippen LogP contribution is 2.21. The second-order valence-electron chi connectivity index (χ2n) is 4.49. The number of nitrogens with one attached hydrogen (secondary N) is 2. The van der Waals surface area contributed by atoms with Crippen molar-refractivity contribution in [1.82, 2.24) is 0 Å². The Kier molecular flexibility index (Phi) is 4.96. The van der Waals surface area contributed by atoms with Gasteiger partial charge in [-0.1, -0.05) is 24.3 Å². The van der Waals surface area contributed by atoms with E-state index in [4.69, 9.17) is 5.26 Å². The minimum atomic E-state index is -0.174. The molecule has 0 aliphatic rings. The van der Waals surface area contributed by atoms with E-state index >= 15 is 0 Å². The molecule has 0 atom stereocenters. The van der Waals surface area contributed by atoms with E-state index < -0.39 is 0 Å². The summed E-state index contributed by atoms with van der Waals surface area (Å²) in [5.41, 5.74) is 2.83. The topological polar surface area (TPSA) is 64.9 Å². The number of carbonyl (C=O) groups excluding carboxylic acids is 1. The first kappa shape index (κ1) is 15.1. The smallest absolute Gasteiger partial charge is 0.243 e. The Morgan fingerprint density at radius 2 is 1.90 bits per heavy atom. The van der Waals surface area contributed by atoms with Crippen molar-refractivity contribution in [2.45, 2.75) is 6.92 Å². The lowest BCUT2D eigenvalue weighted by atomic mass is 10.1. The molecule has 0 unspecified atom stereocenters. The maximum atomic E-state index is 11.9. The highest BCUT2D eigenvalue weighted by Gasteiger charge is 2.08. The molecule has 106 valence electrons. The molecule has 2 aromatic carbocycles. The van der Waals surface area contributed by atoms with Crippen LogP contribution in [0.4, 0.5) is 11.4 Å². The summed E-state index contributed by atoms with van der Waals surface area (Å²) in [5, 5.41) is 14.9. The van der Waals surface area contributed by atoms with Gasteiger partial charge in [-0.3, -0.25) is 4.79 Å². The van der Waals surface area contributed by atoms with Crippen LogP contribution in [0, 0.1) is 18.3 Å². The summed E-state index contributed by atoms with van der Waals surface area (Å²) in [4.78, 5) is 11.9. The molecular formula is C16H14BrN3O. The number of nitrogens with zero attached hydrogens (tertiary/aromatic N) is 1. The van der Waals surface area contributed by atoms with Crippen LogP contribution in [0.1, 0.15) is 11.1 Å². The van der Waals surface area contributed by atoms with Crippen LogP contribution in [0.5, 0.6) is 0 Å². The first-order valence-corrected chi connectivity index (χ1v) is 7.19. The second-order valence-corrected chi connectivity index (χ2v) is 5.35. The number of aryl methyl sites for hydroxylation is 1. The molecule has 1 amide bonds. The van der Waals surface area contributed by atoms with Crippen LogP contribution in [0.3, 0.4) is 0 Å². The molecule has 0 aliphatic carbocycles. The van der Waals surface area contributed by atoms with Crippen LogP contribution in [0.25, 0.3) is 0 Å². The predicted octanol–water partition coefficient (Wildman–Crippen LogP) is 3.68. The molecule has 0 saturated carbocycles. The van der Waals surface area contributed by atoms with E-state index in [1.54, 1.807) is 6.07 Å². The summed E-state index contributed by atoms with van der Waals surface area (Å²) in [5.74, 6) is -0.174. The molecule has 4 nitrogen and oxygen atoms in total. The normalized spacial score (nSPS) is 9.76. The number of carbonyl (C=O) groups is 1.